The maximum Gasteiger partial charge on any atom is 0.416 e. The van der Waals surface area contributed by atoms with E-state index in [-0.39, 0.29) is 29.3 Å². The molecule has 0 atom stereocenters. The molecule has 2 aromatic carbocycles. The van der Waals surface area contributed by atoms with Gasteiger partial charge in [-0.05, 0) is 42.5 Å². The number of halogens is 3. The van der Waals surface area contributed by atoms with Crippen molar-refractivity contribution in [2.75, 3.05) is 18.1 Å². The summed E-state index contributed by atoms with van der Waals surface area (Å²) in [7, 11) is -2.72. The van der Waals surface area contributed by atoms with Gasteiger partial charge >= 0.3 is 6.18 Å². The van der Waals surface area contributed by atoms with Crippen molar-refractivity contribution in [3.05, 3.63) is 60.2 Å². The molecule has 32 heavy (non-hydrogen) atoms. The van der Waals surface area contributed by atoms with Crippen molar-refractivity contribution in [3.8, 4) is 28.9 Å². The lowest BCUT2D eigenvalue weighted by molar-refractivity contribution is -0.137. The van der Waals surface area contributed by atoms with Crippen LogP contribution in [0, 0.1) is 0 Å². The highest BCUT2D eigenvalue weighted by Gasteiger charge is 2.30. The molecule has 2 heterocycles. The zero-order valence-electron chi connectivity index (χ0n) is 19.0. The minimum Gasteiger partial charge on any atom is -0.481 e. The second-order valence-corrected chi connectivity index (χ2v) is 6.34. The summed E-state index contributed by atoms with van der Waals surface area (Å²) in [5, 5.41) is 9.39. The van der Waals surface area contributed by atoms with Crippen molar-refractivity contribution < 1.29 is 26.8 Å². The number of nitrogens with zero attached hydrogens (tertiary/aromatic N) is 4. The number of hydrogen-bond acceptors (Lipinski definition) is 8. The number of H-pyrrole nitrogens is 1. The highest BCUT2D eigenvalue weighted by molar-refractivity contribution is 5.60. The maximum absolute atomic E-state index is 12.9. The Labute approximate surface area is 183 Å². The van der Waals surface area contributed by atoms with E-state index in [9.17, 15) is 13.2 Å². The molecule has 0 amide bonds. The van der Waals surface area contributed by atoms with E-state index in [0.717, 1.165) is 12.1 Å². The predicted molar refractivity (Wildman–Crippen MR) is 110 cm³/mol. The summed E-state index contributed by atoms with van der Waals surface area (Å²) in [6.07, 6.45) is -4.47. The molecule has 0 aliphatic heterocycles. The third-order valence-electron chi connectivity index (χ3n) is 4.08. The van der Waals surface area contributed by atoms with Crippen LogP contribution in [0.3, 0.4) is 0 Å². The third-order valence-corrected chi connectivity index (χ3v) is 4.08. The summed E-state index contributed by atoms with van der Waals surface area (Å²) in [5.74, 6) is 0.237. The molecule has 164 valence electrons. The average Bonchev–Trinajstić information content (AvgIpc) is 3.20. The Balaban J connectivity index is 1.45. The molecule has 9 nitrogen and oxygen atoms in total. The van der Waals surface area contributed by atoms with Gasteiger partial charge in [0.15, 0.2) is 5.82 Å². The summed E-state index contributed by atoms with van der Waals surface area (Å²) >= 11 is 0. The number of benzene rings is 2. The van der Waals surface area contributed by atoms with E-state index in [1.165, 1.54) is 18.2 Å². The Morgan fingerprint density at radius 1 is 1.03 bits per heavy atom. The van der Waals surface area contributed by atoms with Crippen LogP contribution in [0.2, 0.25) is 0 Å². The largest absolute Gasteiger partial charge is 0.481 e. The number of anilines is 3. The normalized spacial score (nSPS) is 13.0. The van der Waals surface area contributed by atoms with E-state index in [4.69, 9.17) is 19.3 Å². The number of aromatic amines is 1. The molecule has 0 aliphatic carbocycles. The fourth-order valence-corrected chi connectivity index (χ4v) is 2.68. The Hall–Kier alpha value is -4.35. The lowest BCUT2D eigenvalue weighted by Gasteiger charge is -2.08. The van der Waals surface area contributed by atoms with Gasteiger partial charge in [-0.1, -0.05) is 6.07 Å². The number of nitrogens with one attached hydrogen (secondary N) is 2. The topological polar surface area (TPSA) is 124 Å². The van der Waals surface area contributed by atoms with E-state index < -0.39 is 18.8 Å². The third kappa shape index (κ3) is 4.86. The van der Waals surface area contributed by atoms with Gasteiger partial charge in [0.1, 0.15) is 5.75 Å². The van der Waals surface area contributed by atoms with Crippen LogP contribution in [0.25, 0.3) is 11.4 Å². The SMILES string of the molecule is [2H]C([2H])([2H])Oc1cc(Oc2ccc(-c3nc(Nc4cccc(C(F)(F)F)c4)n[nH]3)cc2)nc(N)n1. The van der Waals surface area contributed by atoms with E-state index >= 15 is 0 Å². The smallest absolute Gasteiger partial charge is 0.416 e. The first-order valence-corrected chi connectivity index (χ1v) is 8.93. The quantitative estimate of drug-likeness (QED) is 0.398. The molecule has 0 fully saturated rings. The van der Waals surface area contributed by atoms with Crippen molar-refractivity contribution in [3.63, 3.8) is 0 Å². The van der Waals surface area contributed by atoms with E-state index in [1.807, 2.05) is 0 Å². The summed E-state index contributed by atoms with van der Waals surface area (Å²) in [6.45, 7) is 0. The van der Waals surface area contributed by atoms with Gasteiger partial charge in [0.05, 0.1) is 22.8 Å². The number of nitrogen functional groups attached to an aromatic ring is 1. The lowest BCUT2D eigenvalue weighted by atomic mass is 10.2. The molecule has 0 bridgehead atoms. The zero-order chi connectivity index (χ0) is 25.2. The van der Waals surface area contributed by atoms with Crippen molar-refractivity contribution in [1.29, 1.82) is 0 Å². The van der Waals surface area contributed by atoms with Gasteiger partial charge in [0.2, 0.25) is 23.7 Å². The number of hydrogen-bond donors (Lipinski definition) is 3. The number of methoxy groups -OCH3 is 1. The molecule has 12 heteroatoms. The minimum absolute atomic E-state index is 0.0308. The van der Waals surface area contributed by atoms with Crippen molar-refractivity contribution in [2.24, 2.45) is 0 Å². The lowest BCUT2D eigenvalue weighted by Crippen LogP contribution is -2.05. The van der Waals surface area contributed by atoms with Gasteiger partial charge in [-0.2, -0.15) is 28.1 Å². The Morgan fingerprint density at radius 2 is 1.81 bits per heavy atom. The number of nitrogens with two attached hydrogens (primary N) is 1. The van der Waals surface area contributed by atoms with E-state index in [0.29, 0.717) is 17.1 Å². The van der Waals surface area contributed by atoms with Gasteiger partial charge in [0.25, 0.3) is 0 Å². The summed E-state index contributed by atoms with van der Waals surface area (Å²) in [5.41, 5.74) is 5.56. The van der Waals surface area contributed by atoms with Gasteiger partial charge in [-0.15, -0.1) is 5.10 Å². The standard InChI is InChI=1S/C20H16F3N7O2/c1-31-15-10-16(27-18(24)26-15)32-14-7-5-11(6-8-14)17-28-19(30-29-17)25-13-4-2-3-12(9-13)20(21,22)23/h2-10H,1H3,(H2,24,26,27)(H2,25,28,29,30)/i1D3. The molecule has 2 aromatic heterocycles. The number of alkyl halides is 3. The maximum atomic E-state index is 12.9. The fourth-order valence-electron chi connectivity index (χ4n) is 2.68. The molecule has 0 unspecified atom stereocenters. The zero-order valence-corrected chi connectivity index (χ0v) is 16.0. The second kappa shape index (κ2) is 8.41. The molecule has 4 rings (SSSR count). The number of ether oxygens (including phenoxy) is 2. The van der Waals surface area contributed by atoms with Crippen LogP contribution in [-0.2, 0) is 6.18 Å². The van der Waals surface area contributed by atoms with Crippen LogP contribution in [-0.4, -0.2) is 32.2 Å². The van der Waals surface area contributed by atoms with Crippen molar-refractivity contribution in [2.45, 2.75) is 6.18 Å². The summed E-state index contributed by atoms with van der Waals surface area (Å²) in [6, 6.07) is 12.3. The highest BCUT2D eigenvalue weighted by Crippen LogP contribution is 2.31. The van der Waals surface area contributed by atoms with Crippen LogP contribution in [0.1, 0.15) is 9.68 Å². The van der Waals surface area contributed by atoms with Gasteiger partial charge in [-0.25, -0.2) is 0 Å². The molecule has 0 saturated carbocycles. The number of aromatic nitrogens is 5. The molecule has 0 spiro atoms. The first-order chi connectivity index (χ1) is 16.4. The monoisotopic (exact) mass is 446 g/mol. The Kier molecular flexibility index (Phi) is 4.56. The molecule has 0 aliphatic rings. The van der Waals surface area contributed by atoms with Crippen LogP contribution in [0.5, 0.6) is 17.5 Å². The highest BCUT2D eigenvalue weighted by atomic mass is 19.4. The Bertz CT molecular complexity index is 1330. The second-order valence-electron chi connectivity index (χ2n) is 6.34. The summed E-state index contributed by atoms with van der Waals surface area (Å²) in [4.78, 5) is 11.8. The minimum atomic E-state index is -4.47. The fraction of sp³-hybridized carbons (Fsp3) is 0.100. The number of rotatable bonds is 6. The average molecular weight is 446 g/mol. The van der Waals surface area contributed by atoms with Gasteiger partial charge < -0.3 is 20.5 Å². The Morgan fingerprint density at radius 3 is 2.56 bits per heavy atom. The van der Waals surface area contributed by atoms with E-state index in [1.54, 1.807) is 24.3 Å². The summed E-state index contributed by atoms with van der Waals surface area (Å²) < 4.78 is 70.4. The van der Waals surface area contributed by atoms with Crippen LogP contribution in [0.15, 0.2) is 54.6 Å². The molecular weight excluding hydrogens is 427 g/mol. The van der Waals surface area contributed by atoms with Crippen LogP contribution >= 0.6 is 0 Å². The van der Waals surface area contributed by atoms with E-state index in [2.05, 4.69) is 30.5 Å². The molecule has 0 saturated heterocycles. The first kappa shape index (κ1) is 17.3. The predicted octanol–water partition coefficient (Wildman–Crippen LogP) is 4.41. The van der Waals surface area contributed by atoms with Gasteiger partial charge in [0, 0.05) is 11.3 Å². The van der Waals surface area contributed by atoms with Crippen molar-refractivity contribution in [1.82, 2.24) is 25.1 Å². The van der Waals surface area contributed by atoms with Crippen LogP contribution < -0.4 is 20.5 Å². The molecule has 0 radical (unpaired) electrons. The van der Waals surface area contributed by atoms with Crippen molar-refractivity contribution >= 4 is 17.6 Å². The van der Waals surface area contributed by atoms with Crippen LogP contribution in [0.4, 0.5) is 30.8 Å². The van der Waals surface area contributed by atoms with Gasteiger partial charge in [-0.3, -0.25) is 5.10 Å². The molecule has 4 aromatic rings. The molecular formula is C20H16F3N7O2. The first-order valence-electron chi connectivity index (χ1n) is 10.4. The molecule has 4 N–H and O–H groups in total.